The van der Waals surface area contributed by atoms with Crippen LogP contribution >= 0.6 is 11.3 Å². The summed E-state index contributed by atoms with van der Waals surface area (Å²) in [5.74, 6) is -0.440. The molecule has 0 radical (unpaired) electrons. The quantitative estimate of drug-likeness (QED) is 0.336. The van der Waals surface area contributed by atoms with E-state index in [4.69, 9.17) is 4.74 Å². The summed E-state index contributed by atoms with van der Waals surface area (Å²) in [6.45, 7) is 2.32. The van der Waals surface area contributed by atoms with Crippen molar-refractivity contribution in [2.45, 2.75) is 11.8 Å². The lowest BCUT2D eigenvalue weighted by Gasteiger charge is -2.10. The van der Waals surface area contributed by atoms with E-state index in [1.54, 1.807) is 35.8 Å². The third-order valence-electron chi connectivity index (χ3n) is 4.73. The number of benzene rings is 3. The fraction of sp³-hybridized carbons (Fsp3) is 0.0870. The zero-order valence-electron chi connectivity index (χ0n) is 17.9. The average molecular weight is 497 g/mol. The van der Waals surface area contributed by atoms with Gasteiger partial charge in [-0.2, -0.15) is 0 Å². The molecule has 0 spiro atoms. The van der Waals surface area contributed by atoms with Crippen molar-refractivity contribution >= 4 is 49.1 Å². The number of fused-ring (bicyclic) bond motifs is 1. The summed E-state index contributed by atoms with van der Waals surface area (Å²) in [5, 5.41) is 0. The monoisotopic (exact) mass is 496 g/mol. The van der Waals surface area contributed by atoms with Crippen LogP contribution < -0.4 is 20.3 Å². The molecule has 3 aromatic carbocycles. The maximum absolute atomic E-state index is 12.6. The number of nitrogens with zero attached hydrogens (tertiary/aromatic N) is 1. The molecule has 174 valence electrons. The minimum Gasteiger partial charge on any atom is -0.494 e. The summed E-state index contributed by atoms with van der Waals surface area (Å²) in [6.07, 6.45) is 0. The first-order valence-electron chi connectivity index (χ1n) is 10.2. The molecule has 11 heteroatoms. The SMILES string of the molecule is CCOc1ccc(S(=O)(=O)Nc2ccc(C(=O)NNC(=O)c3ccc4ncsc4c3)cc2)cc1. The van der Waals surface area contributed by atoms with Gasteiger partial charge in [0.25, 0.3) is 21.8 Å². The van der Waals surface area contributed by atoms with Crippen molar-refractivity contribution < 1.29 is 22.7 Å². The number of carbonyl (C=O) groups excluding carboxylic acids is 2. The van der Waals surface area contributed by atoms with Crippen molar-refractivity contribution in [2.24, 2.45) is 0 Å². The number of rotatable bonds is 7. The van der Waals surface area contributed by atoms with E-state index in [0.29, 0.717) is 17.9 Å². The molecule has 1 aromatic heterocycles. The van der Waals surface area contributed by atoms with Gasteiger partial charge in [0, 0.05) is 16.8 Å². The highest BCUT2D eigenvalue weighted by molar-refractivity contribution is 7.92. The normalized spacial score (nSPS) is 11.1. The maximum Gasteiger partial charge on any atom is 0.269 e. The molecule has 2 amide bonds. The Morgan fingerprint density at radius 2 is 1.56 bits per heavy atom. The summed E-state index contributed by atoms with van der Waals surface area (Å²) in [6, 6.07) is 16.9. The highest BCUT2D eigenvalue weighted by Crippen LogP contribution is 2.20. The van der Waals surface area contributed by atoms with Gasteiger partial charge in [-0.1, -0.05) is 0 Å². The van der Waals surface area contributed by atoms with Crippen LogP contribution in [0.4, 0.5) is 5.69 Å². The van der Waals surface area contributed by atoms with Gasteiger partial charge in [-0.25, -0.2) is 13.4 Å². The lowest BCUT2D eigenvalue weighted by molar-refractivity contribution is 0.0847. The Balaban J connectivity index is 1.35. The van der Waals surface area contributed by atoms with Gasteiger partial charge in [0.1, 0.15) is 5.75 Å². The second kappa shape index (κ2) is 9.89. The lowest BCUT2D eigenvalue weighted by atomic mass is 10.2. The zero-order valence-corrected chi connectivity index (χ0v) is 19.6. The fourth-order valence-corrected chi connectivity index (χ4v) is 4.81. The molecule has 0 atom stereocenters. The van der Waals surface area contributed by atoms with Crippen molar-refractivity contribution in [1.82, 2.24) is 15.8 Å². The minimum absolute atomic E-state index is 0.0806. The number of sulfonamides is 1. The number of ether oxygens (including phenoxy) is 1. The number of carbonyl (C=O) groups is 2. The van der Waals surface area contributed by atoms with Crippen molar-refractivity contribution in [3.8, 4) is 5.75 Å². The fourth-order valence-electron chi connectivity index (χ4n) is 3.04. The van der Waals surface area contributed by atoms with Crippen LogP contribution in [0.15, 0.2) is 77.1 Å². The molecule has 0 saturated heterocycles. The van der Waals surface area contributed by atoms with Crippen LogP contribution in [0.3, 0.4) is 0 Å². The van der Waals surface area contributed by atoms with E-state index in [1.807, 2.05) is 6.92 Å². The second-order valence-electron chi connectivity index (χ2n) is 7.03. The Kier molecular flexibility index (Phi) is 6.75. The lowest BCUT2D eigenvalue weighted by Crippen LogP contribution is -2.41. The molecular weight excluding hydrogens is 476 g/mol. The molecule has 4 rings (SSSR count). The largest absolute Gasteiger partial charge is 0.494 e. The number of anilines is 1. The predicted molar refractivity (Wildman–Crippen MR) is 129 cm³/mol. The van der Waals surface area contributed by atoms with Gasteiger partial charge in [0.2, 0.25) is 0 Å². The molecule has 34 heavy (non-hydrogen) atoms. The molecule has 0 fully saturated rings. The molecule has 0 aliphatic rings. The number of hydrogen-bond donors (Lipinski definition) is 3. The number of aromatic nitrogens is 1. The zero-order chi connectivity index (χ0) is 24.1. The van der Waals surface area contributed by atoms with Gasteiger partial charge in [-0.3, -0.25) is 25.2 Å². The van der Waals surface area contributed by atoms with E-state index >= 15 is 0 Å². The highest BCUT2D eigenvalue weighted by atomic mass is 32.2. The third kappa shape index (κ3) is 5.33. The smallest absolute Gasteiger partial charge is 0.269 e. The molecule has 0 bridgehead atoms. The van der Waals surface area contributed by atoms with Crippen LogP contribution in [-0.4, -0.2) is 31.8 Å². The first-order chi connectivity index (χ1) is 16.4. The summed E-state index contributed by atoms with van der Waals surface area (Å²) in [5.41, 5.74) is 8.11. The van der Waals surface area contributed by atoms with Gasteiger partial charge < -0.3 is 4.74 Å². The Labute approximate surface area is 199 Å². The van der Waals surface area contributed by atoms with Crippen LogP contribution in [-0.2, 0) is 10.0 Å². The molecule has 0 saturated carbocycles. The Morgan fingerprint density at radius 3 is 2.24 bits per heavy atom. The second-order valence-corrected chi connectivity index (χ2v) is 9.60. The number of hydrogen-bond acceptors (Lipinski definition) is 7. The van der Waals surface area contributed by atoms with Gasteiger partial charge in [0.05, 0.1) is 27.2 Å². The van der Waals surface area contributed by atoms with Crippen molar-refractivity contribution in [1.29, 1.82) is 0 Å². The Morgan fingerprint density at radius 1 is 0.912 bits per heavy atom. The molecule has 0 unspecified atom stereocenters. The topological polar surface area (TPSA) is 126 Å². The van der Waals surface area contributed by atoms with E-state index in [9.17, 15) is 18.0 Å². The molecule has 0 aliphatic heterocycles. The first-order valence-corrected chi connectivity index (χ1v) is 12.5. The van der Waals surface area contributed by atoms with E-state index in [1.165, 1.54) is 47.7 Å². The van der Waals surface area contributed by atoms with Gasteiger partial charge in [-0.15, -0.1) is 11.3 Å². The van der Waals surface area contributed by atoms with Crippen LogP contribution in [0.25, 0.3) is 10.2 Å². The summed E-state index contributed by atoms with van der Waals surface area (Å²) in [7, 11) is -3.81. The minimum atomic E-state index is -3.81. The molecular formula is C23H20N4O5S2. The predicted octanol–water partition coefficient (Wildman–Crippen LogP) is 3.57. The maximum atomic E-state index is 12.6. The van der Waals surface area contributed by atoms with Crippen LogP contribution in [0, 0.1) is 0 Å². The third-order valence-corrected chi connectivity index (χ3v) is 6.92. The van der Waals surface area contributed by atoms with Gasteiger partial charge in [-0.05, 0) is 73.7 Å². The average Bonchev–Trinajstić information content (AvgIpc) is 3.31. The van der Waals surface area contributed by atoms with Crippen molar-refractivity contribution in [2.75, 3.05) is 11.3 Å². The number of nitrogens with one attached hydrogen (secondary N) is 3. The van der Waals surface area contributed by atoms with Crippen LogP contribution in [0.5, 0.6) is 5.75 Å². The van der Waals surface area contributed by atoms with Crippen LogP contribution in [0.2, 0.25) is 0 Å². The van der Waals surface area contributed by atoms with Crippen molar-refractivity contribution in [3.05, 3.63) is 83.4 Å². The highest BCUT2D eigenvalue weighted by Gasteiger charge is 2.15. The number of thiazole rings is 1. The summed E-state index contributed by atoms with van der Waals surface area (Å²) >= 11 is 1.41. The standard InChI is InChI=1S/C23H20N4O5S2/c1-2-32-18-8-10-19(11-9-18)34(30,31)27-17-6-3-15(4-7-17)22(28)25-26-23(29)16-5-12-20-21(13-16)33-14-24-20/h3-14,27H,2H2,1H3,(H,25,28)(H,26,29). The molecule has 4 aromatic rings. The first kappa shape index (κ1) is 23.2. The van der Waals surface area contributed by atoms with Gasteiger partial charge in [0.15, 0.2) is 0 Å². The van der Waals surface area contributed by atoms with Crippen molar-refractivity contribution in [3.63, 3.8) is 0 Å². The molecule has 1 heterocycles. The van der Waals surface area contributed by atoms with E-state index in [2.05, 4.69) is 20.6 Å². The number of amides is 2. The van der Waals surface area contributed by atoms with E-state index in [-0.39, 0.29) is 16.1 Å². The molecule has 0 aliphatic carbocycles. The van der Waals surface area contributed by atoms with E-state index in [0.717, 1.165) is 10.2 Å². The van der Waals surface area contributed by atoms with E-state index < -0.39 is 21.8 Å². The summed E-state index contributed by atoms with van der Waals surface area (Å²) in [4.78, 5) is 28.9. The Bertz CT molecular complexity index is 1430. The summed E-state index contributed by atoms with van der Waals surface area (Å²) < 4.78 is 33.8. The van der Waals surface area contributed by atoms with Crippen LogP contribution in [0.1, 0.15) is 27.6 Å². The Hall–Kier alpha value is -3.96. The molecule has 3 N–H and O–H groups in total. The number of hydrazine groups is 1. The molecule has 9 nitrogen and oxygen atoms in total. The van der Waals surface area contributed by atoms with Gasteiger partial charge >= 0.3 is 0 Å².